The molecule has 0 spiro atoms. The third kappa shape index (κ3) is 3.25. The minimum atomic E-state index is -0.536. The van der Waals surface area contributed by atoms with Crippen molar-refractivity contribution in [1.82, 2.24) is 4.98 Å². The number of rotatable bonds is 4. The zero-order chi connectivity index (χ0) is 18.8. The van der Waals surface area contributed by atoms with E-state index in [1.165, 1.54) is 18.4 Å². The quantitative estimate of drug-likeness (QED) is 0.391. The summed E-state index contributed by atoms with van der Waals surface area (Å²) in [5.74, 6) is 0.600. The van der Waals surface area contributed by atoms with E-state index in [0.717, 1.165) is 11.8 Å². The summed E-state index contributed by atoms with van der Waals surface area (Å²) in [6.45, 7) is 0. The topological polar surface area (TPSA) is 95.5 Å². The van der Waals surface area contributed by atoms with Crippen molar-refractivity contribution in [2.45, 2.75) is 0 Å². The molecule has 4 aromatic rings. The van der Waals surface area contributed by atoms with Crippen LogP contribution in [-0.2, 0) is 0 Å². The molecule has 0 amide bonds. The van der Waals surface area contributed by atoms with Gasteiger partial charge in [0, 0.05) is 18.2 Å². The lowest BCUT2D eigenvalue weighted by Crippen LogP contribution is -2.04. The third-order valence-corrected chi connectivity index (χ3v) is 3.98. The minimum absolute atomic E-state index is 0.125. The van der Waals surface area contributed by atoms with Crippen LogP contribution >= 0.6 is 0 Å². The van der Waals surface area contributed by atoms with Gasteiger partial charge in [0.15, 0.2) is 5.43 Å². The normalized spacial score (nSPS) is 10.7. The van der Waals surface area contributed by atoms with Gasteiger partial charge in [-0.2, -0.15) is 0 Å². The van der Waals surface area contributed by atoms with E-state index < -0.39 is 4.92 Å². The summed E-state index contributed by atoms with van der Waals surface area (Å²) in [6.07, 6.45) is 2.54. The van der Waals surface area contributed by atoms with Crippen LogP contribution in [0.15, 0.2) is 82.3 Å². The summed E-state index contributed by atoms with van der Waals surface area (Å²) in [5, 5.41) is 11.1. The molecule has 0 unspecified atom stereocenters. The van der Waals surface area contributed by atoms with Gasteiger partial charge in [-0.25, -0.2) is 4.98 Å². The van der Waals surface area contributed by atoms with Crippen LogP contribution in [0.25, 0.3) is 22.1 Å². The fraction of sp³-hybridized carbons (Fsp3) is 0. The SMILES string of the molecule is O=c1c(-c2ccccc2)coc2cc(Oc3ccc([N+](=O)[O-])cn3)ccc12. The molecule has 2 aromatic carbocycles. The zero-order valence-electron chi connectivity index (χ0n) is 13.9. The maximum Gasteiger partial charge on any atom is 0.287 e. The van der Waals surface area contributed by atoms with Gasteiger partial charge >= 0.3 is 0 Å². The van der Waals surface area contributed by atoms with Gasteiger partial charge in [-0.05, 0) is 17.7 Å². The van der Waals surface area contributed by atoms with Gasteiger partial charge in [-0.3, -0.25) is 14.9 Å². The van der Waals surface area contributed by atoms with Crippen LogP contribution < -0.4 is 10.2 Å². The fourth-order valence-corrected chi connectivity index (χ4v) is 2.65. The zero-order valence-corrected chi connectivity index (χ0v) is 13.9. The first-order chi connectivity index (χ1) is 13.1. The summed E-state index contributed by atoms with van der Waals surface area (Å²) < 4.78 is 11.2. The van der Waals surface area contributed by atoms with E-state index in [-0.39, 0.29) is 17.0 Å². The molecular weight excluding hydrogens is 348 g/mol. The number of benzene rings is 2. The van der Waals surface area contributed by atoms with E-state index in [9.17, 15) is 14.9 Å². The Labute approximate surface area is 152 Å². The van der Waals surface area contributed by atoms with Gasteiger partial charge in [0.1, 0.15) is 23.8 Å². The minimum Gasteiger partial charge on any atom is -0.463 e. The number of aromatic nitrogens is 1. The average molecular weight is 360 g/mol. The molecule has 0 radical (unpaired) electrons. The number of nitro groups is 1. The van der Waals surface area contributed by atoms with Crippen LogP contribution in [0.2, 0.25) is 0 Å². The van der Waals surface area contributed by atoms with E-state index in [1.54, 1.807) is 18.2 Å². The Morgan fingerprint density at radius 2 is 1.85 bits per heavy atom. The smallest absolute Gasteiger partial charge is 0.287 e. The van der Waals surface area contributed by atoms with Gasteiger partial charge < -0.3 is 9.15 Å². The maximum atomic E-state index is 12.7. The highest BCUT2D eigenvalue weighted by atomic mass is 16.6. The fourth-order valence-electron chi connectivity index (χ4n) is 2.65. The summed E-state index contributed by atoms with van der Waals surface area (Å²) >= 11 is 0. The van der Waals surface area contributed by atoms with Gasteiger partial charge in [0.05, 0.1) is 15.9 Å². The molecule has 0 saturated carbocycles. The molecule has 7 heteroatoms. The van der Waals surface area contributed by atoms with Crippen molar-refractivity contribution in [2.24, 2.45) is 0 Å². The second-order valence-electron chi connectivity index (χ2n) is 5.72. The highest BCUT2D eigenvalue weighted by Crippen LogP contribution is 2.26. The summed E-state index contributed by atoms with van der Waals surface area (Å²) in [6, 6.07) is 16.8. The number of nitrogens with zero attached hydrogens (tertiary/aromatic N) is 2. The molecule has 7 nitrogen and oxygen atoms in total. The molecule has 0 N–H and O–H groups in total. The third-order valence-electron chi connectivity index (χ3n) is 3.98. The Morgan fingerprint density at radius 1 is 1.04 bits per heavy atom. The van der Waals surface area contributed by atoms with Crippen LogP contribution in [-0.4, -0.2) is 9.91 Å². The lowest BCUT2D eigenvalue weighted by atomic mass is 10.1. The summed E-state index contributed by atoms with van der Waals surface area (Å²) in [5.41, 5.74) is 1.37. The molecule has 2 heterocycles. The van der Waals surface area contributed by atoms with Crippen molar-refractivity contribution in [3.8, 4) is 22.8 Å². The summed E-state index contributed by atoms with van der Waals surface area (Å²) in [4.78, 5) is 26.7. The lowest BCUT2D eigenvalue weighted by Gasteiger charge is -2.06. The Bertz CT molecular complexity index is 1180. The van der Waals surface area contributed by atoms with Crippen molar-refractivity contribution < 1.29 is 14.1 Å². The van der Waals surface area contributed by atoms with Crippen LogP contribution in [0.5, 0.6) is 11.6 Å². The molecular formula is C20H12N2O5. The monoisotopic (exact) mass is 360 g/mol. The molecule has 0 aliphatic rings. The molecule has 132 valence electrons. The van der Waals surface area contributed by atoms with Crippen molar-refractivity contribution in [1.29, 1.82) is 0 Å². The Hall–Kier alpha value is -4.00. The highest BCUT2D eigenvalue weighted by Gasteiger charge is 2.11. The van der Waals surface area contributed by atoms with Crippen LogP contribution in [0.1, 0.15) is 0 Å². The van der Waals surface area contributed by atoms with Crippen LogP contribution in [0.4, 0.5) is 5.69 Å². The van der Waals surface area contributed by atoms with Crippen molar-refractivity contribution in [2.75, 3.05) is 0 Å². The van der Waals surface area contributed by atoms with Crippen LogP contribution in [0, 0.1) is 10.1 Å². The summed E-state index contributed by atoms with van der Waals surface area (Å²) in [7, 11) is 0. The first kappa shape index (κ1) is 16.5. The molecule has 0 fully saturated rings. The van der Waals surface area contributed by atoms with Crippen LogP contribution in [0.3, 0.4) is 0 Å². The molecule has 2 aromatic heterocycles. The molecule has 0 aliphatic heterocycles. The Kier molecular flexibility index (Phi) is 4.10. The largest absolute Gasteiger partial charge is 0.463 e. The van der Waals surface area contributed by atoms with Crippen molar-refractivity contribution in [3.05, 3.63) is 93.5 Å². The van der Waals surface area contributed by atoms with Crippen molar-refractivity contribution in [3.63, 3.8) is 0 Å². The number of fused-ring (bicyclic) bond motifs is 1. The Morgan fingerprint density at radius 3 is 2.56 bits per heavy atom. The van der Waals surface area contributed by atoms with E-state index >= 15 is 0 Å². The van der Waals surface area contributed by atoms with E-state index in [4.69, 9.17) is 9.15 Å². The van der Waals surface area contributed by atoms with Gasteiger partial charge in [0.2, 0.25) is 5.88 Å². The molecule has 4 rings (SSSR count). The molecule has 0 aliphatic carbocycles. The van der Waals surface area contributed by atoms with Gasteiger partial charge in [0.25, 0.3) is 5.69 Å². The maximum absolute atomic E-state index is 12.7. The number of pyridine rings is 1. The average Bonchev–Trinajstić information content (AvgIpc) is 2.69. The van der Waals surface area contributed by atoms with E-state index in [1.807, 2.05) is 30.3 Å². The predicted octanol–water partition coefficient (Wildman–Crippen LogP) is 4.56. The second kappa shape index (κ2) is 6.72. The number of ether oxygens (including phenoxy) is 1. The number of hydrogen-bond donors (Lipinski definition) is 0. The van der Waals surface area contributed by atoms with E-state index in [2.05, 4.69) is 4.98 Å². The lowest BCUT2D eigenvalue weighted by molar-refractivity contribution is -0.385. The van der Waals surface area contributed by atoms with Gasteiger partial charge in [-0.1, -0.05) is 30.3 Å². The van der Waals surface area contributed by atoms with Gasteiger partial charge in [-0.15, -0.1) is 0 Å². The first-order valence-corrected chi connectivity index (χ1v) is 8.01. The molecule has 0 saturated heterocycles. The number of hydrogen-bond acceptors (Lipinski definition) is 6. The first-order valence-electron chi connectivity index (χ1n) is 8.01. The predicted molar refractivity (Wildman–Crippen MR) is 98.9 cm³/mol. The molecule has 0 bridgehead atoms. The van der Waals surface area contributed by atoms with Crippen molar-refractivity contribution >= 4 is 16.7 Å². The highest BCUT2D eigenvalue weighted by molar-refractivity contribution is 5.82. The Balaban J connectivity index is 1.67. The molecule has 27 heavy (non-hydrogen) atoms. The standard InChI is InChI=1S/C20H12N2O5/c23-20-16-8-7-15(27-19-9-6-14(11-21-19)22(24)25)10-18(16)26-12-17(20)13-4-2-1-3-5-13/h1-12H. The molecule has 0 atom stereocenters. The second-order valence-corrected chi connectivity index (χ2v) is 5.72. The van der Waals surface area contributed by atoms with E-state index in [0.29, 0.717) is 22.3 Å².